The third-order valence-electron chi connectivity index (χ3n) is 4.50. The minimum Gasteiger partial charge on any atom is -0.462 e. The fourth-order valence-corrected chi connectivity index (χ4v) is 4.16. The lowest BCUT2D eigenvalue weighted by molar-refractivity contribution is -0.127. The van der Waals surface area contributed by atoms with Crippen molar-refractivity contribution in [1.82, 2.24) is 0 Å². The van der Waals surface area contributed by atoms with Gasteiger partial charge in [0.05, 0.1) is 6.61 Å². The molecule has 0 bridgehead atoms. The molecule has 1 aromatic carbocycles. The Balaban J connectivity index is 1.81. The van der Waals surface area contributed by atoms with Crippen molar-refractivity contribution in [2.45, 2.75) is 77.4 Å². The largest absolute Gasteiger partial charge is 0.462 e. The highest BCUT2D eigenvalue weighted by molar-refractivity contribution is 7.46. The molecule has 2 unspecified atom stereocenters. The molecule has 3 nitrogen and oxygen atoms in total. The van der Waals surface area contributed by atoms with Crippen molar-refractivity contribution in [3.8, 4) is 5.75 Å². The maximum atomic E-state index is 6.27. The van der Waals surface area contributed by atoms with Crippen molar-refractivity contribution in [3.63, 3.8) is 0 Å². The molecular formula is C20H33O3P. The van der Waals surface area contributed by atoms with Crippen LogP contribution in [0.1, 0.15) is 70.8 Å². The van der Waals surface area contributed by atoms with E-state index in [2.05, 4.69) is 25.1 Å². The van der Waals surface area contributed by atoms with Gasteiger partial charge in [-0.1, -0.05) is 63.6 Å². The molecule has 0 N–H and O–H groups in total. The van der Waals surface area contributed by atoms with E-state index >= 15 is 0 Å². The first-order chi connectivity index (χ1) is 11.6. The molecule has 24 heavy (non-hydrogen) atoms. The van der Waals surface area contributed by atoms with E-state index in [1.54, 1.807) is 0 Å². The van der Waals surface area contributed by atoms with Gasteiger partial charge in [0.1, 0.15) is 5.75 Å². The number of rotatable bonds is 10. The van der Waals surface area contributed by atoms with Gasteiger partial charge in [-0.05, 0) is 24.5 Å². The van der Waals surface area contributed by atoms with Gasteiger partial charge in [-0.15, -0.1) is 0 Å². The summed E-state index contributed by atoms with van der Waals surface area (Å²) in [7, 11) is -0.832. The second kappa shape index (κ2) is 10.4. The number of hydrogen-bond acceptors (Lipinski definition) is 3. The van der Waals surface area contributed by atoms with E-state index in [0.29, 0.717) is 6.61 Å². The van der Waals surface area contributed by atoms with Gasteiger partial charge in [0.2, 0.25) is 5.79 Å². The lowest BCUT2D eigenvalue weighted by Gasteiger charge is -2.37. The summed E-state index contributed by atoms with van der Waals surface area (Å²) in [6.07, 6.45) is 11.2. The van der Waals surface area contributed by atoms with Crippen molar-refractivity contribution >= 4 is 8.38 Å². The Morgan fingerprint density at radius 1 is 1.08 bits per heavy atom. The molecule has 2 atom stereocenters. The standard InChI is InChI=1S/C20H33O3P/c1-4-5-6-7-8-9-10-13-18-14-11-12-15-19(18)22-20(2)16-17-21-24(3)23-20/h11-12,14-15H,4-10,13,16-17H2,1-3H3. The summed E-state index contributed by atoms with van der Waals surface area (Å²) >= 11 is 0. The molecule has 2 rings (SSSR count). The smallest absolute Gasteiger partial charge is 0.215 e. The molecule has 1 heterocycles. The summed E-state index contributed by atoms with van der Waals surface area (Å²) < 4.78 is 17.7. The van der Waals surface area contributed by atoms with E-state index in [-0.39, 0.29) is 0 Å². The second-order valence-corrected chi connectivity index (χ2v) is 8.15. The Hall–Kier alpha value is -0.630. The third kappa shape index (κ3) is 6.70. The fraction of sp³-hybridized carbons (Fsp3) is 0.700. The van der Waals surface area contributed by atoms with Gasteiger partial charge >= 0.3 is 0 Å². The normalized spacial score (nSPS) is 24.0. The zero-order valence-corrected chi connectivity index (χ0v) is 16.4. The van der Waals surface area contributed by atoms with Crippen LogP contribution in [0.15, 0.2) is 24.3 Å². The molecule has 1 saturated heterocycles. The van der Waals surface area contributed by atoms with E-state index in [4.69, 9.17) is 13.8 Å². The van der Waals surface area contributed by atoms with Crippen LogP contribution in [0.2, 0.25) is 0 Å². The van der Waals surface area contributed by atoms with Crippen molar-refractivity contribution in [1.29, 1.82) is 0 Å². The Labute approximate surface area is 149 Å². The van der Waals surface area contributed by atoms with Crippen LogP contribution in [0.4, 0.5) is 0 Å². The first kappa shape index (κ1) is 19.7. The van der Waals surface area contributed by atoms with E-state index in [0.717, 1.165) is 18.6 Å². The first-order valence-corrected chi connectivity index (χ1v) is 11.1. The maximum absolute atomic E-state index is 6.27. The zero-order valence-electron chi connectivity index (χ0n) is 15.6. The molecule has 0 aliphatic carbocycles. The van der Waals surface area contributed by atoms with Crippen molar-refractivity contribution in [3.05, 3.63) is 29.8 Å². The summed E-state index contributed by atoms with van der Waals surface area (Å²) in [5, 5.41) is 0. The van der Waals surface area contributed by atoms with Crippen LogP contribution in [0.25, 0.3) is 0 Å². The van der Waals surface area contributed by atoms with Gasteiger partial charge in [0.25, 0.3) is 0 Å². The quantitative estimate of drug-likeness (QED) is 0.357. The molecule has 0 spiro atoms. The number of para-hydroxylation sites is 1. The highest BCUT2D eigenvalue weighted by atomic mass is 31.2. The minimum atomic E-state index is -0.832. The van der Waals surface area contributed by atoms with Crippen LogP contribution in [-0.2, 0) is 15.5 Å². The summed E-state index contributed by atoms with van der Waals surface area (Å²) in [5.41, 5.74) is 1.29. The fourth-order valence-electron chi connectivity index (χ4n) is 3.09. The van der Waals surface area contributed by atoms with Gasteiger partial charge in [-0.25, -0.2) is 0 Å². The van der Waals surface area contributed by atoms with Crippen molar-refractivity contribution in [2.24, 2.45) is 0 Å². The van der Waals surface area contributed by atoms with Crippen LogP contribution in [0, 0.1) is 0 Å². The molecule has 0 aromatic heterocycles. The Morgan fingerprint density at radius 2 is 1.79 bits per heavy atom. The number of hydrogen-bond donors (Lipinski definition) is 0. The SMILES string of the molecule is CCCCCCCCCc1ccccc1OC1(C)CCOP(C)O1. The number of aryl methyl sites for hydroxylation is 1. The number of unbranched alkanes of at least 4 members (excludes halogenated alkanes) is 6. The molecular weight excluding hydrogens is 319 g/mol. The van der Waals surface area contributed by atoms with Crippen LogP contribution >= 0.6 is 8.38 Å². The predicted molar refractivity (Wildman–Crippen MR) is 102 cm³/mol. The second-order valence-electron chi connectivity index (χ2n) is 6.83. The van der Waals surface area contributed by atoms with Crippen molar-refractivity contribution in [2.75, 3.05) is 13.3 Å². The molecule has 0 radical (unpaired) electrons. The lowest BCUT2D eigenvalue weighted by Crippen LogP contribution is -2.38. The summed E-state index contributed by atoms with van der Waals surface area (Å²) in [5.74, 6) is 0.408. The Morgan fingerprint density at radius 3 is 2.54 bits per heavy atom. The van der Waals surface area contributed by atoms with Gasteiger partial charge in [-0.2, -0.15) is 0 Å². The Kier molecular flexibility index (Phi) is 8.52. The molecule has 1 aliphatic rings. The van der Waals surface area contributed by atoms with Gasteiger partial charge in [-0.3, -0.25) is 4.52 Å². The average molecular weight is 352 g/mol. The van der Waals surface area contributed by atoms with Crippen LogP contribution in [0.5, 0.6) is 5.75 Å². The van der Waals surface area contributed by atoms with E-state index < -0.39 is 14.2 Å². The summed E-state index contributed by atoms with van der Waals surface area (Å²) in [4.78, 5) is 0. The van der Waals surface area contributed by atoms with Crippen molar-refractivity contribution < 1.29 is 13.8 Å². The van der Waals surface area contributed by atoms with E-state index in [9.17, 15) is 0 Å². The predicted octanol–water partition coefficient (Wildman–Crippen LogP) is 6.45. The highest BCUT2D eigenvalue weighted by Gasteiger charge is 2.35. The minimum absolute atomic E-state index is 0.561. The zero-order chi connectivity index (χ0) is 17.3. The van der Waals surface area contributed by atoms with Crippen LogP contribution in [-0.4, -0.2) is 19.1 Å². The van der Waals surface area contributed by atoms with E-state index in [1.165, 1.54) is 50.5 Å². The molecule has 136 valence electrons. The average Bonchev–Trinajstić information content (AvgIpc) is 2.55. The summed E-state index contributed by atoms with van der Waals surface area (Å²) in [6.45, 7) is 6.99. The highest BCUT2D eigenvalue weighted by Crippen LogP contribution is 2.45. The molecule has 0 saturated carbocycles. The van der Waals surface area contributed by atoms with Crippen LogP contribution in [0.3, 0.4) is 0 Å². The molecule has 1 fully saturated rings. The third-order valence-corrected chi connectivity index (χ3v) is 5.69. The van der Waals surface area contributed by atoms with Gasteiger partial charge in [0, 0.05) is 20.0 Å². The van der Waals surface area contributed by atoms with Gasteiger partial charge in [0.15, 0.2) is 8.38 Å². The van der Waals surface area contributed by atoms with Crippen LogP contribution < -0.4 is 4.74 Å². The molecule has 0 amide bonds. The van der Waals surface area contributed by atoms with Gasteiger partial charge < -0.3 is 9.26 Å². The molecule has 1 aromatic rings. The monoisotopic (exact) mass is 352 g/mol. The van der Waals surface area contributed by atoms with E-state index in [1.807, 2.05) is 19.7 Å². The Bertz CT molecular complexity index is 480. The first-order valence-electron chi connectivity index (χ1n) is 9.45. The maximum Gasteiger partial charge on any atom is 0.215 e. The molecule has 4 heteroatoms. The lowest BCUT2D eigenvalue weighted by atomic mass is 10.0. The summed E-state index contributed by atoms with van der Waals surface area (Å²) in [6, 6.07) is 8.40. The number of benzene rings is 1. The molecule has 1 aliphatic heterocycles. The topological polar surface area (TPSA) is 27.7 Å². The number of ether oxygens (including phenoxy) is 1.